The van der Waals surface area contributed by atoms with Gasteiger partial charge in [-0.3, -0.25) is 4.79 Å². The number of halogens is 3. The van der Waals surface area contributed by atoms with Gasteiger partial charge in [0.25, 0.3) is 0 Å². The summed E-state index contributed by atoms with van der Waals surface area (Å²) in [6.07, 6.45) is -0.0637. The first-order valence-electron chi connectivity index (χ1n) is 10.6. The van der Waals surface area contributed by atoms with Crippen LogP contribution in [0.4, 0.5) is 12.9 Å². The van der Waals surface area contributed by atoms with Crippen molar-refractivity contribution in [3.63, 3.8) is 0 Å². The van der Waals surface area contributed by atoms with Crippen LogP contribution in [0.15, 0.2) is 102 Å². The van der Waals surface area contributed by atoms with E-state index in [1.165, 1.54) is 0 Å². The molecule has 6 heteroatoms. The van der Waals surface area contributed by atoms with Crippen LogP contribution in [0, 0.1) is 5.92 Å². The van der Waals surface area contributed by atoms with Crippen LogP contribution in [0.1, 0.15) is 46.7 Å². The third-order valence-corrected chi connectivity index (χ3v) is 6.09. The standard InChI is InChI=1S/C26H23BF3O2/c1-18-24(20-13-7-3-8-14-20)25(21-15-9-4-10-16-21)22(26(18)32-27(28,29)30)17-23(31)19-11-5-2-6-12-19/h2-16,22,24-25H,17H2,1H3/q-1/t22-,24+,25-/m1/s1. The van der Waals surface area contributed by atoms with Crippen LogP contribution < -0.4 is 0 Å². The molecule has 0 saturated heterocycles. The van der Waals surface area contributed by atoms with Crippen molar-refractivity contribution in [1.82, 2.24) is 0 Å². The average molecular weight is 435 g/mol. The Morgan fingerprint density at radius 2 is 1.31 bits per heavy atom. The van der Waals surface area contributed by atoms with E-state index in [2.05, 4.69) is 4.65 Å². The van der Waals surface area contributed by atoms with Gasteiger partial charge in [-0.1, -0.05) is 91.0 Å². The summed E-state index contributed by atoms with van der Waals surface area (Å²) >= 11 is 0. The second-order valence-corrected chi connectivity index (χ2v) is 8.10. The predicted octanol–water partition coefficient (Wildman–Crippen LogP) is 7.09. The molecule has 0 heterocycles. The Labute approximate surface area is 185 Å². The number of hydrogen-bond acceptors (Lipinski definition) is 2. The molecule has 0 radical (unpaired) electrons. The fraction of sp³-hybridized carbons (Fsp3) is 0.192. The smallest absolute Gasteiger partial charge is 0.638 e. The molecule has 0 amide bonds. The topological polar surface area (TPSA) is 26.3 Å². The number of hydrogen-bond donors (Lipinski definition) is 0. The van der Waals surface area contributed by atoms with E-state index >= 15 is 0 Å². The zero-order valence-electron chi connectivity index (χ0n) is 17.6. The number of rotatable bonds is 7. The van der Waals surface area contributed by atoms with Crippen molar-refractivity contribution >= 4 is 13.0 Å². The molecular formula is C26H23BF3O2-. The van der Waals surface area contributed by atoms with Gasteiger partial charge in [0.2, 0.25) is 0 Å². The molecule has 0 N–H and O–H groups in total. The molecule has 4 rings (SSSR count). The first-order valence-corrected chi connectivity index (χ1v) is 10.6. The maximum Gasteiger partial charge on any atom is 0.699 e. The molecule has 3 aromatic rings. The zero-order valence-corrected chi connectivity index (χ0v) is 17.6. The summed E-state index contributed by atoms with van der Waals surface area (Å²) in [5, 5.41) is 0. The van der Waals surface area contributed by atoms with Crippen molar-refractivity contribution in [3.8, 4) is 0 Å². The molecular weight excluding hydrogens is 412 g/mol. The van der Waals surface area contributed by atoms with E-state index < -0.39 is 13.1 Å². The average Bonchev–Trinajstić information content (AvgIpc) is 3.05. The van der Waals surface area contributed by atoms with Crippen LogP contribution in [0.5, 0.6) is 0 Å². The molecule has 2 nitrogen and oxygen atoms in total. The number of allylic oxidation sites excluding steroid dienone is 2. The Morgan fingerprint density at radius 1 is 0.812 bits per heavy atom. The van der Waals surface area contributed by atoms with Gasteiger partial charge in [-0.25, -0.2) is 0 Å². The van der Waals surface area contributed by atoms with Crippen molar-refractivity contribution in [2.75, 3.05) is 0 Å². The lowest BCUT2D eigenvalue weighted by molar-refractivity contribution is 0.0945. The highest BCUT2D eigenvalue weighted by Gasteiger charge is 2.46. The lowest BCUT2D eigenvalue weighted by Gasteiger charge is -2.30. The normalized spacial score (nSPS) is 20.9. The summed E-state index contributed by atoms with van der Waals surface area (Å²) in [5.74, 6) is -1.71. The van der Waals surface area contributed by atoms with E-state index in [-0.39, 0.29) is 29.8 Å². The Bertz CT molecular complexity index is 1100. The van der Waals surface area contributed by atoms with Gasteiger partial charge in [-0.15, -0.1) is 0 Å². The van der Waals surface area contributed by atoms with Crippen molar-refractivity contribution in [2.24, 2.45) is 5.92 Å². The molecule has 0 aliphatic heterocycles. The molecule has 0 unspecified atom stereocenters. The van der Waals surface area contributed by atoms with E-state index in [0.717, 1.165) is 11.1 Å². The van der Waals surface area contributed by atoms with Crippen LogP contribution in [-0.2, 0) is 4.65 Å². The van der Waals surface area contributed by atoms with Gasteiger partial charge in [-0.2, -0.15) is 0 Å². The van der Waals surface area contributed by atoms with Crippen LogP contribution in [0.3, 0.4) is 0 Å². The van der Waals surface area contributed by atoms with Gasteiger partial charge in [0.05, 0.1) is 5.76 Å². The maximum absolute atomic E-state index is 13.5. The van der Waals surface area contributed by atoms with Gasteiger partial charge >= 0.3 is 7.18 Å². The molecule has 164 valence electrons. The Balaban J connectivity index is 1.82. The zero-order chi connectivity index (χ0) is 22.7. The number of benzene rings is 3. The van der Waals surface area contributed by atoms with E-state index in [4.69, 9.17) is 0 Å². The van der Waals surface area contributed by atoms with Gasteiger partial charge < -0.3 is 17.6 Å². The Kier molecular flexibility index (Phi) is 6.22. The molecule has 1 aliphatic rings. The molecule has 0 fully saturated rings. The number of ketones is 1. The summed E-state index contributed by atoms with van der Waals surface area (Å²) in [5.41, 5.74) is 2.80. The van der Waals surface area contributed by atoms with Crippen LogP contribution >= 0.6 is 0 Å². The highest BCUT2D eigenvalue weighted by Crippen LogP contribution is 2.55. The van der Waals surface area contributed by atoms with Gasteiger partial charge in [-0.05, 0) is 23.6 Å². The minimum Gasteiger partial charge on any atom is -0.638 e. The van der Waals surface area contributed by atoms with Crippen LogP contribution in [0.2, 0.25) is 0 Å². The molecule has 3 aromatic carbocycles. The SMILES string of the molecule is CC1=C(O[B-](F)(F)F)[C@H](CC(=O)c2ccccc2)[C@@H](c2ccccc2)[C@@H]1c1ccccc1. The molecule has 32 heavy (non-hydrogen) atoms. The summed E-state index contributed by atoms with van der Waals surface area (Å²) < 4.78 is 45.1. The number of carbonyl (C=O) groups is 1. The van der Waals surface area contributed by atoms with E-state index in [0.29, 0.717) is 11.1 Å². The van der Waals surface area contributed by atoms with E-state index in [1.54, 1.807) is 37.3 Å². The van der Waals surface area contributed by atoms with Crippen molar-refractivity contribution < 1.29 is 22.4 Å². The van der Waals surface area contributed by atoms with Crippen molar-refractivity contribution in [3.05, 3.63) is 119 Å². The summed E-state index contributed by atoms with van der Waals surface area (Å²) in [4.78, 5) is 13.1. The Morgan fingerprint density at radius 3 is 1.84 bits per heavy atom. The van der Waals surface area contributed by atoms with Gasteiger partial charge in [0.15, 0.2) is 5.78 Å². The third kappa shape index (κ3) is 4.64. The minimum absolute atomic E-state index is 0.0637. The summed E-state index contributed by atoms with van der Waals surface area (Å²) in [6, 6.07) is 27.6. The molecule has 1 aliphatic carbocycles. The second-order valence-electron chi connectivity index (χ2n) is 8.10. The first-order chi connectivity index (χ1) is 15.3. The van der Waals surface area contributed by atoms with Gasteiger partial charge in [0.1, 0.15) is 0 Å². The van der Waals surface area contributed by atoms with E-state index in [9.17, 15) is 17.7 Å². The summed E-state index contributed by atoms with van der Waals surface area (Å²) in [6.45, 7) is 1.69. The fourth-order valence-corrected chi connectivity index (χ4v) is 4.81. The van der Waals surface area contributed by atoms with E-state index in [1.807, 2.05) is 60.7 Å². The second kappa shape index (κ2) is 9.07. The highest BCUT2D eigenvalue weighted by molar-refractivity contribution is 6.51. The quantitative estimate of drug-likeness (QED) is 0.293. The monoisotopic (exact) mass is 435 g/mol. The first kappa shape index (κ1) is 21.9. The molecule has 0 bridgehead atoms. The largest absolute Gasteiger partial charge is 0.699 e. The third-order valence-electron chi connectivity index (χ3n) is 6.09. The molecule has 0 aromatic heterocycles. The van der Waals surface area contributed by atoms with Crippen LogP contribution in [0.25, 0.3) is 0 Å². The Hall–Kier alpha value is -3.28. The number of carbonyl (C=O) groups excluding carboxylic acids is 1. The van der Waals surface area contributed by atoms with Gasteiger partial charge in [0, 0.05) is 29.7 Å². The van der Waals surface area contributed by atoms with Crippen molar-refractivity contribution in [2.45, 2.75) is 25.2 Å². The lowest BCUT2D eigenvalue weighted by Crippen LogP contribution is -2.26. The fourth-order valence-electron chi connectivity index (χ4n) is 4.81. The number of Topliss-reactive ketones (excluding diaryl/α,β-unsaturated/α-hetero) is 1. The summed E-state index contributed by atoms with van der Waals surface area (Å²) in [7, 11) is -5.52. The van der Waals surface area contributed by atoms with Crippen molar-refractivity contribution in [1.29, 1.82) is 0 Å². The predicted molar refractivity (Wildman–Crippen MR) is 120 cm³/mol. The maximum atomic E-state index is 13.5. The highest BCUT2D eigenvalue weighted by atomic mass is 19.4. The lowest BCUT2D eigenvalue weighted by atomic mass is 9.75. The molecule has 3 atom stereocenters. The minimum atomic E-state index is -5.52. The molecule has 0 saturated carbocycles. The molecule has 0 spiro atoms. The van der Waals surface area contributed by atoms with Crippen LogP contribution in [-0.4, -0.2) is 13.0 Å².